The van der Waals surface area contributed by atoms with E-state index in [4.69, 9.17) is 10.7 Å². The van der Waals surface area contributed by atoms with Crippen LogP contribution in [-0.2, 0) is 6.42 Å². The Hall–Kier alpha value is -1.81. The molecule has 3 heterocycles. The minimum absolute atomic E-state index is 0.733. The average molecular weight is 271 g/mol. The zero-order valence-electron chi connectivity index (χ0n) is 11.4. The monoisotopic (exact) mass is 271 g/mol. The Morgan fingerprint density at radius 3 is 2.74 bits per heavy atom. The van der Waals surface area contributed by atoms with E-state index in [1.807, 2.05) is 4.40 Å². The summed E-state index contributed by atoms with van der Waals surface area (Å²) in [7, 11) is 0. The van der Waals surface area contributed by atoms with Gasteiger partial charge in [0.15, 0.2) is 0 Å². The maximum atomic E-state index is 6.28. The van der Waals surface area contributed by atoms with Gasteiger partial charge in [-0.2, -0.15) is 0 Å². The molecule has 0 bridgehead atoms. The molecule has 0 aliphatic heterocycles. The van der Waals surface area contributed by atoms with E-state index >= 15 is 0 Å². The fourth-order valence-corrected chi connectivity index (χ4v) is 3.38. The Morgan fingerprint density at radius 2 is 2.05 bits per heavy atom. The third-order valence-electron chi connectivity index (χ3n) is 3.33. The summed E-state index contributed by atoms with van der Waals surface area (Å²) in [4.78, 5) is 7.21. The molecular formula is C15H17N3S. The highest BCUT2D eigenvalue weighted by atomic mass is 32.1. The van der Waals surface area contributed by atoms with Crippen molar-refractivity contribution in [1.29, 1.82) is 0 Å². The van der Waals surface area contributed by atoms with Gasteiger partial charge in [-0.25, -0.2) is 4.98 Å². The Bertz CT molecular complexity index is 752. The number of rotatable bonds is 2. The minimum atomic E-state index is 0.733. The van der Waals surface area contributed by atoms with Crippen molar-refractivity contribution in [3.05, 3.63) is 40.4 Å². The molecule has 19 heavy (non-hydrogen) atoms. The summed E-state index contributed by atoms with van der Waals surface area (Å²) in [5, 5.41) is 0. The number of pyridine rings is 1. The van der Waals surface area contributed by atoms with Crippen LogP contribution in [0.2, 0.25) is 0 Å². The minimum Gasteiger partial charge on any atom is -0.383 e. The summed E-state index contributed by atoms with van der Waals surface area (Å²) in [5.41, 5.74) is 10.4. The zero-order valence-corrected chi connectivity index (χ0v) is 12.2. The fraction of sp³-hybridized carbons (Fsp3) is 0.267. The molecule has 0 aliphatic rings. The molecule has 0 aromatic carbocycles. The van der Waals surface area contributed by atoms with Crippen LogP contribution in [0, 0.1) is 13.8 Å². The van der Waals surface area contributed by atoms with Gasteiger partial charge in [-0.3, -0.25) is 4.40 Å². The molecule has 3 nitrogen and oxygen atoms in total. The van der Waals surface area contributed by atoms with Crippen LogP contribution in [-0.4, -0.2) is 9.38 Å². The van der Waals surface area contributed by atoms with Crippen LogP contribution in [0.15, 0.2) is 24.3 Å². The molecule has 3 rings (SSSR count). The van der Waals surface area contributed by atoms with E-state index in [0.29, 0.717) is 0 Å². The van der Waals surface area contributed by atoms with Gasteiger partial charge in [-0.15, -0.1) is 11.3 Å². The lowest BCUT2D eigenvalue weighted by atomic mass is 10.2. The van der Waals surface area contributed by atoms with Crippen molar-refractivity contribution < 1.29 is 0 Å². The van der Waals surface area contributed by atoms with E-state index in [1.165, 1.54) is 10.4 Å². The van der Waals surface area contributed by atoms with Crippen molar-refractivity contribution in [2.24, 2.45) is 0 Å². The highest BCUT2D eigenvalue weighted by Gasteiger charge is 2.14. The second-order valence-corrected chi connectivity index (χ2v) is 6.00. The second-order valence-electron chi connectivity index (χ2n) is 4.83. The van der Waals surface area contributed by atoms with Crippen molar-refractivity contribution in [2.75, 3.05) is 5.73 Å². The summed E-state index contributed by atoms with van der Waals surface area (Å²) < 4.78 is 2.02. The second kappa shape index (κ2) is 4.38. The molecule has 0 spiro atoms. The number of nitrogens with two attached hydrogens (primary N) is 1. The van der Waals surface area contributed by atoms with Crippen molar-refractivity contribution in [2.45, 2.75) is 27.2 Å². The molecule has 0 saturated heterocycles. The van der Waals surface area contributed by atoms with Gasteiger partial charge in [-0.05, 0) is 50.1 Å². The maximum absolute atomic E-state index is 6.28. The standard InChI is InChI=1S/C15H17N3S/c1-4-11-5-6-12(19-11)14-15(16)18-10(3)7-9(2)8-13(18)17-14/h5-8H,4,16H2,1-3H3. The van der Waals surface area contributed by atoms with Crippen molar-refractivity contribution in [1.82, 2.24) is 9.38 Å². The SMILES string of the molecule is CCc1ccc(-c2nc3cc(C)cc(C)n3c2N)s1. The van der Waals surface area contributed by atoms with Crippen LogP contribution in [0.25, 0.3) is 16.2 Å². The first-order chi connectivity index (χ1) is 9.10. The van der Waals surface area contributed by atoms with Gasteiger partial charge in [0.05, 0.1) is 4.88 Å². The largest absolute Gasteiger partial charge is 0.383 e. The number of hydrogen-bond donors (Lipinski definition) is 1. The molecule has 0 unspecified atom stereocenters. The van der Waals surface area contributed by atoms with E-state index in [1.54, 1.807) is 11.3 Å². The number of nitrogen functional groups attached to an aromatic ring is 1. The topological polar surface area (TPSA) is 43.3 Å². The molecule has 0 atom stereocenters. The summed E-state index contributed by atoms with van der Waals surface area (Å²) in [6.45, 7) is 6.31. The number of hydrogen-bond acceptors (Lipinski definition) is 3. The van der Waals surface area contributed by atoms with Gasteiger partial charge >= 0.3 is 0 Å². The molecule has 0 amide bonds. The van der Waals surface area contributed by atoms with Crippen LogP contribution in [0.3, 0.4) is 0 Å². The van der Waals surface area contributed by atoms with Crippen molar-refractivity contribution in [3.63, 3.8) is 0 Å². The molecule has 3 aromatic rings. The number of imidazole rings is 1. The zero-order chi connectivity index (χ0) is 13.6. The predicted octanol–water partition coefficient (Wildman–Crippen LogP) is 3.82. The number of thiophene rings is 1. The average Bonchev–Trinajstić information content (AvgIpc) is 2.93. The van der Waals surface area contributed by atoms with E-state index in [0.717, 1.165) is 34.2 Å². The molecule has 0 saturated carbocycles. The lowest BCUT2D eigenvalue weighted by Gasteiger charge is -2.03. The third kappa shape index (κ3) is 1.92. The summed E-state index contributed by atoms with van der Waals surface area (Å²) in [6.07, 6.45) is 1.05. The fourth-order valence-electron chi connectivity index (χ4n) is 2.43. The van der Waals surface area contributed by atoms with Gasteiger partial charge in [-0.1, -0.05) is 6.92 Å². The van der Waals surface area contributed by atoms with Crippen LogP contribution < -0.4 is 5.73 Å². The summed E-state index contributed by atoms with van der Waals surface area (Å²) >= 11 is 1.77. The molecular weight excluding hydrogens is 254 g/mol. The maximum Gasteiger partial charge on any atom is 0.139 e. The number of aryl methyl sites for hydroxylation is 3. The van der Waals surface area contributed by atoms with Crippen molar-refractivity contribution >= 4 is 22.8 Å². The van der Waals surface area contributed by atoms with E-state index in [-0.39, 0.29) is 0 Å². The predicted molar refractivity (Wildman–Crippen MR) is 81.8 cm³/mol. The van der Waals surface area contributed by atoms with E-state index in [9.17, 15) is 0 Å². The van der Waals surface area contributed by atoms with Gasteiger partial charge in [0.25, 0.3) is 0 Å². The van der Waals surface area contributed by atoms with Gasteiger partial charge in [0.2, 0.25) is 0 Å². The number of aromatic nitrogens is 2. The Labute approximate surface area is 116 Å². The molecule has 2 N–H and O–H groups in total. The molecule has 98 valence electrons. The lowest BCUT2D eigenvalue weighted by molar-refractivity contribution is 1.09. The smallest absolute Gasteiger partial charge is 0.139 e. The van der Waals surface area contributed by atoms with Gasteiger partial charge in [0.1, 0.15) is 17.2 Å². The van der Waals surface area contributed by atoms with Crippen LogP contribution >= 0.6 is 11.3 Å². The molecule has 0 fully saturated rings. The highest BCUT2D eigenvalue weighted by Crippen LogP contribution is 2.33. The number of fused-ring (bicyclic) bond motifs is 1. The van der Waals surface area contributed by atoms with Gasteiger partial charge < -0.3 is 5.73 Å². The Morgan fingerprint density at radius 1 is 1.26 bits per heavy atom. The first-order valence-corrected chi connectivity index (χ1v) is 7.26. The third-order valence-corrected chi connectivity index (χ3v) is 4.56. The van der Waals surface area contributed by atoms with Crippen LogP contribution in [0.4, 0.5) is 5.82 Å². The quantitative estimate of drug-likeness (QED) is 0.770. The lowest BCUT2D eigenvalue weighted by Crippen LogP contribution is -1.98. The normalized spacial score (nSPS) is 11.3. The highest BCUT2D eigenvalue weighted by molar-refractivity contribution is 7.15. The van der Waals surface area contributed by atoms with Crippen molar-refractivity contribution in [3.8, 4) is 10.6 Å². The molecule has 0 radical (unpaired) electrons. The molecule has 4 heteroatoms. The van der Waals surface area contributed by atoms with Crippen LogP contribution in [0.5, 0.6) is 0 Å². The first-order valence-electron chi connectivity index (χ1n) is 6.44. The van der Waals surface area contributed by atoms with E-state index in [2.05, 4.69) is 45.0 Å². The van der Waals surface area contributed by atoms with Crippen LogP contribution in [0.1, 0.15) is 23.1 Å². The molecule has 3 aromatic heterocycles. The Balaban J connectivity index is 2.25. The summed E-state index contributed by atoms with van der Waals surface area (Å²) in [6, 6.07) is 8.47. The van der Waals surface area contributed by atoms with E-state index < -0.39 is 0 Å². The number of anilines is 1. The molecule has 0 aliphatic carbocycles. The number of nitrogens with zero attached hydrogens (tertiary/aromatic N) is 2. The summed E-state index contributed by atoms with van der Waals surface area (Å²) in [5.74, 6) is 0.733. The van der Waals surface area contributed by atoms with Gasteiger partial charge in [0, 0.05) is 10.6 Å². The first kappa shape index (κ1) is 12.2. The Kier molecular flexibility index (Phi) is 2.82.